The number of rotatable bonds is 4. The minimum Gasteiger partial charge on any atom is -0.473 e. The number of hydrogen-bond donors (Lipinski definition) is 0. The molecule has 1 heterocycles. The third kappa shape index (κ3) is 3.65. The lowest BCUT2D eigenvalue weighted by atomic mass is 9.81. The van der Waals surface area contributed by atoms with Crippen molar-refractivity contribution in [2.24, 2.45) is 0 Å². The van der Waals surface area contributed by atoms with E-state index in [1.807, 2.05) is 0 Å². The molecule has 0 aliphatic carbocycles. The summed E-state index contributed by atoms with van der Waals surface area (Å²) < 4.78 is 7.14. The van der Waals surface area contributed by atoms with Crippen molar-refractivity contribution in [1.82, 2.24) is 0 Å². The van der Waals surface area contributed by atoms with Gasteiger partial charge in [0.15, 0.2) is 5.60 Å². The van der Waals surface area contributed by atoms with Crippen LogP contribution in [0.15, 0.2) is 115 Å². The molecule has 0 amide bonds. The standard InChI is InChI=1S/C34H28O/c1-24-17-19-26(20-18-24)23-32-25(2)33-31(29-15-9-10-16-30(29)32)21-22-34(35-33,27-11-5-3-6-12-27)28-13-7-4-8-14-28/h3-22H,23H2,1-2H3. The molecule has 0 spiro atoms. The quantitative estimate of drug-likeness (QED) is 0.266. The highest BCUT2D eigenvalue weighted by Crippen LogP contribution is 2.47. The zero-order chi connectivity index (χ0) is 23.8. The fraction of sp³-hybridized carbons (Fsp3) is 0.118. The summed E-state index contributed by atoms with van der Waals surface area (Å²) in [6.45, 7) is 4.35. The third-order valence-corrected chi connectivity index (χ3v) is 7.23. The van der Waals surface area contributed by atoms with Gasteiger partial charge in [0.25, 0.3) is 0 Å². The van der Waals surface area contributed by atoms with Crippen molar-refractivity contribution in [3.8, 4) is 5.75 Å². The molecule has 0 atom stereocenters. The molecule has 0 unspecified atom stereocenters. The van der Waals surface area contributed by atoms with Gasteiger partial charge in [0, 0.05) is 16.7 Å². The van der Waals surface area contributed by atoms with Crippen LogP contribution in [0, 0.1) is 13.8 Å². The second-order valence-electron chi connectivity index (χ2n) is 9.46. The van der Waals surface area contributed by atoms with E-state index in [0.717, 1.165) is 28.9 Å². The first-order valence-corrected chi connectivity index (χ1v) is 12.2. The molecule has 0 bridgehead atoms. The second-order valence-corrected chi connectivity index (χ2v) is 9.46. The van der Waals surface area contributed by atoms with Crippen LogP contribution in [-0.4, -0.2) is 0 Å². The van der Waals surface area contributed by atoms with Gasteiger partial charge in [0.1, 0.15) is 5.75 Å². The smallest absolute Gasteiger partial charge is 0.178 e. The van der Waals surface area contributed by atoms with Crippen LogP contribution in [0.4, 0.5) is 0 Å². The Labute approximate surface area is 207 Å². The van der Waals surface area contributed by atoms with Gasteiger partial charge in [-0.15, -0.1) is 0 Å². The van der Waals surface area contributed by atoms with E-state index in [4.69, 9.17) is 4.74 Å². The first kappa shape index (κ1) is 21.4. The fourth-order valence-electron chi connectivity index (χ4n) is 5.32. The van der Waals surface area contributed by atoms with Gasteiger partial charge in [-0.25, -0.2) is 0 Å². The monoisotopic (exact) mass is 452 g/mol. The molecule has 0 radical (unpaired) electrons. The first-order valence-electron chi connectivity index (χ1n) is 12.2. The Bertz CT molecular complexity index is 1490. The van der Waals surface area contributed by atoms with Crippen LogP contribution in [-0.2, 0) is 12.0 Å². The van der Waals surface area contributed by atoms with Crippen LogP contribution in [0.3, 0.4) is 0 Å². The Morgan fingerprint density at radius 3 is 1.83 bits per heavy atom. The molecule has 0 saturated carbocycles. The molecular formula is C34H28O. The van der Waals surface area contributed by atoms with Gasteiger partial charge < -0.3 is 4.74 Å². The minimum absolute atomic E-state index is 0.677. The van der Waals surface area contributed by atoms with Gasteiger partial charge >= 0.3 is 0 Å². The van der Waals surface area contributed by atoms with Crippen LogP contribution < -0.4 is 4.74 Å². The lowest BCUT2D eigenvalue weighted by molar-refractivity contribution is 0.160. The minimum atomic E-state index is -0.677. The van der Waals surface area contributed by atoms with E-state index in [1.54, 1.807) is 0 Å². The number of benzene rings is 5. The molecule has 0 fully saturated rings. The second kappa shape index (κ2) is 8.60. The molecule has 0 saturated heterocycles. The topological polar surface area (TPSA) is 9.23 Å². The number of hydrogen-bond acceptors (Lipinski definition) is 1. The van der Waals surface area contributed by atoms with Crippen molar-refractivity contribution in [3.63, 3.8) is 0 Å². The molecule has 5 aromatic rings. The highest BCUT2D eigenvalue weighted by molar-refractivity contribution is 5.97. The van der Waals surface area contributed by atoms with Gasteiger partial charge in [0.05, 0.1) is 0 Å². The van der Waals surface area contributed by atoms with E-state index in [2.05, 4.69) is 135 Å². The van der Waals surface area contributed by atoms with Gasteiger partial charge in [-0.1, -0.05) is 115 Å². The zero-order valence-electron chi connectivity index (χ0n) is 20.2. The summed E-state index contributed by atoms with van der Waals surface area (Å²) in [5, 5.41) is 2.53. The maximum atomic E-state index is 7.14. The average molecular weight is 453 g/mol. The van der Waals surface area contributed by atoms with Gasteiger partial charge in [-0.2, -0.15) is 0 Å². The SMILES string of the molecule is Cc1ccc(Cc2c(C)c3c(c4ccccc24)C=CC(c2ccccc2)(c2ccccc2)O3)cc1. The number of ether oxygens (including phenoxy) is 1. The summed E-state index contributed by atoms with van der Waals surface area (Å²) in [4.78, 5) is 0. The molecule has 170 valence electrons. The molecular weight excluding hydrogens is 424 g/mol. The summed E-state index contributed by atoms with van der Waals surface area (Å²) in [7, 11) is 0. The highest BCUT2D eigenvalue weighted by Gasteiger charge is 2.38. The summed E-state index contributed by atoms with van der Waals surface area (Å²) >= 11 is 0. The van der Waals surface area contributed by atoms with Crippen LogP contribution in [0.5, 0.6) is 5.75 Å². The number of aryl methyl sites for hydroxylation is 1. The van der Waals surface area contributed by atoms with Gasteiger partial charge in [-0.3, -0.25) is 0 Å². The predicted octanol–water partition coefficient (Wildman–Crippen LogP) is 8.40. The van der Waals surface area contributed by atoms with Crippen LogP contribution in [0.25, 0.3) is 16.8 Å². The lowest BCUT2D eigenvalue weighted by Crippen LogP contribution is -2.34. The molecule has 1 heteroatoms. The molecule has 1 aliphatic heterocycles. The van der Waals surface area contributed by atoms with Crippen molar-refractivity contribution >= 4 is 16.8 Å². The summed E-state index contributed by atoms with van der Waals surface area (Å²) in [6.07, 6.45) is 5.37. The first-order chi connectivity index (χ1) is 17.2. The Hall–Kier alpha value is -4.10. The van der Waals surface area contributed by atoms with Crippen LogP contribution >= 0.6 is 0 Å². The Balaban J connectivity index is 1.58. The van der Waals surface area contributed by atoms with Crippen molar-refractivity contribution in [3.05, 3.63) is 154 Å². The molecule has 1 nitrogen and oxygen atoms in total. The molecule has 5 aromatic carbocycles. The van der Waals surface area contributed by atoms with Crippen molar-refractivity contribution in [2.45, 2.75) is 25.9 Å². The third-order valence-electron chi connectivity index (χ3n) is 7.23. The van der Waals surface area contributed by atoms with Crippen molar-refractivity contribution in [2.75, 3.05) is 0 Å². The molecule has 0 aromatic heterocycles. The average Bonchev–Trinajstić information content (AvgIpc) is 2.93. The maximum absolute atomic E-state index is 7.14. The Kier molecular flexibility index (Phi) is 5.26. The highest BCUT2D eigenvalue weighted by atomic mass is 16.5. The van der Waals surface area contributed by atoms with Gasteiger partial charge in [0.2, 0.25) is 0 Å². The molecule has 35 heavy (non-hydrogen) atoms. The molecule has 1 aliphatic rings. The van der Waals surface area contributed by atoms with Crippen molar-refractivity contribution < 1.29 is 4.74 Å². The Morgan fingerprint density at radius 1 is 0.629 bits per heavy atom. The lowest BCUT2D eigenvalue weighted by Gasteiger charge is -2.37. The van der Waals surface area contributed by atoms with Crippen molar-refractivity contribution in [1.29, 1.82) is 0 Å². The summed E-state index contributed by atoms with van der Waals surface area (Å²) in [5.74, 6) is 0.973. The number of fused-ring (bicyclic) bond motifs is 3. The fourth-order valence-corrected chi connectivity index (χ4v) is 5.32. The molecule has 6 rings (SSSR count). The van der Waals surface area contributed by atoms with E-state index >= 15 is 0 Å². The predicted molar refractivity (Wildman–Crippen MR) is 146 cm³/mol. The normalized spacial score (nSPS) is 13.9. The largest absolute Gasteiger partial charge is 0.473 e. The van der Waals surface area contributed by atoms with E-state index in [9.17, 15) is 0 Å². The summed E-state index contributed by atoms with van der Waals surface area (Å²) in [5.41, 5.74) is 7.87. The van der Waals surface area contributed by atoms with Crippen LogP contribution in [0.2, 0.25) is 0 Å². The van der Waals surface area contributed by atoms with E-state index in [-0.39, 0.29) is 0 Å². The van der Waals surface area contributed by atoms with Gasteiger partial charge in [-0.05, 0) is 59.9 Å². The Morgan fingerprint density at radius 2 is 1.20 bits per heavy atom. The van der Waals surface area contributed by atoms with E-state index < -0.39 is 5.60 Å². The molecule has 0 N–H and O–H groups in total. The summed E-state index contributed by atoms with van der Waals surface area (Å²) in [6, 6.07) is 38.7. The van der Waals surface area contributed by atoms with E-state index in [1.165, 1.54) is 33.0 Å². The maximum Gasteiger partial charge on any atom is 0.178 e. The van der Waals surface area contributed by atoms with E-state index in [0.29, 0.717) is 0 Å². The van der Waals surface area contributed by atoms with Crippen LogP contribution in [0.1, 0.15) is 38.9 Å². The zero-order valence-corrected chi connectivity index (χ0v) is 20.2.